The minimum atomic E-state index is -0.975. The summed E-state index contributed by atoms with van der Waals surface area (Å²) >= 11 is 0. The molecule has 0 saturated carbocycles. The Kier molecular flexibility index (Phi) is 5.91. The average Bonchev–Trinajstić information content (AvgIpc) is 2.82. The number of hydrogen-bond acceptors (Lipinski definition) is 5. The van der Waals surface area contributed by atoms with E-state index in [9.17, 15) is 18.4 Å². The van der Waals surface area contributed by atoms with Crippen LogP contribution in [0.15, 0.2) is 55.6 Å². The van der Waals surface area contributed by atoms with Crippen LogP contribution in [-0.4, -0.2) is 32.9 Å². The molecule has 0 spiro atoms. The minimum absolute atomic E-state index is 0.110. The van der Waals surface area contributed by atoms with E-state index in [1.165, 1.54) is 6.33 Å². The molecule has 4 rings (SSSR count). The fourth-order valence-corrected chi connectivity index (χ4v) is 4.06. The van der Waals surface area contributed by atoms with Crippen LogP contribution in [-0.2, 0) is 6.42 Å². The summed E-state index contributed by atoms with van der Waals surface area (Å²) in [4.78, 5) is 14.7. The molecule has 0 bridgehead atoms. The smallest absolute Gasteiger partial charge is 0.132 e. The van der Waals surface area contributed by atoms with Crippen molar-refractivity contribution < 1.29 is 13.2 Å². The lowest BCUT2D eigenvalue weighted by atomic mass is 9.74. The van der Waals surface area contributed by atoms with E-state index < -0.39 is 22.9 Å². The van der Waals surface area contributed by atoms with Gasteiger partial charge in [0.05, 0.1) is 22.9 Å². The number of piperidine rings is 1. The van der Waals surface area contributed by atoms with Gasteiger partial charge in [-0.3, -0.25) is 4.98 Å². The Bertz CT molecular complexity index is 1160. The summed E-state index contributed by atoms with van der Waals surface area (Å²) < 4.78 is 41.6. The van der Waals surface area contributed by atoms with Crippen LogP contribution < -0.4 is 0 Å². The van der Waals surface area contributed by atoms with Crippen LogP contribution >= 0.6 is 0 Å². The second-order valence-corrected chi connectivity index (χ2v) is 7.84. The van der Waals surface area contributed by atoms with Gasteiger partial charge in [-0.15, -0.1) is 0 Å². The molecule has 1 aliphatic heterocycles. The summed E-state index contributed by atoms with van der Waals surface area (Å²) in [6.45, 7) is 5.19. The number of likely N-dealkylation sites (tertiary alicyclic amines) is 1. The number of halogens is 3. The van der Waals surface area contributed by atoms with Crippen molar-refractivity contribution in [1.29, 1.82) is 5.26 Å². The van der Waals surface area contributed by atoms with Crippen molar-refractivity contribution in [1.82, 2.24) is 19.9 Å². The van der Waals surface area contributed by atoms with Crippen LogP contribution in [0.5, 0.6) is 0 Å². The number of benzene rings is 1. The first-order chi connectivity index (χ1) is 15.4. The molecule has 8 heteroatoms. The topological polar surface area (TPSA) is 65.7 Å². The van der Waals surface area contributed by atoms with Crippen molar-refractivity contribution in [2.45, 2.75) is 19.3 Å². The number of pyridine rings is 1. The highest BCUT2D eigenvalue weighted by Gasteiger charge is 2.37. The number of nitriles is 1. The first-order valence-electron chi connectivity index (χ1n) is 10.1. The van der Waals surface area contributed by atoms with Gasteiger partial charge in [0.15, 0.2) is 0 Å². The van der Waals surface area contributed by atoms with E-state index in [4.69, 9.17) is 0 Å². The third-order valence-corrected chi connectivity index (χ3v) is 5.90. The Hall–Kier alpha value is -3.73. The normalized spacial score (nSPS) is 15.2. The second-order valence-electron chi connectivity index (χ2n) is 7.84. The molecule has 3 aromatic rings. The van der Waals surface area contributed by atoms with E-state index in [0.717, 1.165) is 11.3 Å². The maximum absolute atomic E-state index is 14.2. The van der Waals surface area contributed by atoms with Crippen molar-refractivity contribution >= 4 is 5.70 Å². The van der Waals surface area contributed by atoms with Crippen molar-refractivity contribution in [3.63, 3.8) is 0 Å². The molecule has 0 amide bonds. The lowest BCUT2D eigenvalue weighted by Gasteiger charge is -2.39. The van der Waals surface area contributed by atoms with Gasteiger partial charge in [0.25, 0.3) is 0 Å². The van der Waals surface area contributed by atoms with Crippen LogP contribution in [0, 0.1) is 34.2 Å². The van der Waals surface area contributed by atoms with Gasteiger partial charge in [-0.2, -0.15) is 5.26 Å². The van der Waals surface area contributed by atoms with Gasteiger partial charge in [-0.1, -0.05) is 6.58 Å². The predicted octanol–water partition coefficient (Wildman–Crippen LogP) is 4.78. The van der Waals surface area contributed by atoms with E-state index in [0.29, 0.717) is 49.5 Å². The number of aromatic nitrogens is 3. The third-order valence-electron chi connectivity index (χ3n) is 5.90. The first-order valence-corrected chi connectivity index (χ1v) is 10.1. The molecule has 162 valence electrons. The maximum Gasteiger partial charge on any atom is 0.132 e. The molecule has 5 nitrogen and oxygen atoms in total. The molecular formula is C24H20F3N5. The largest absolute Gasteiger partial charge is 0.371 e. The standard InChI is InChI=1S/C24H20F3N5/c1-16(18-3-2-7-30-23(18)22-4-8-29-15-31-22)32-9-5-24(14-28,6-10-32)13-19-20(26)11-17(25)12-21(19)27/h2-4,7-8,11-12,15H,1,5-6,9-10,13H2. The highest BCUT2D eigenvalue weighted by atomic mass is 19.1. The Balaban J connectivity index is 1.53. The number of rotatable bonds is 5. The molecule has 3 heterocycles. The highest BCUT2D eigenvalue weighted by Crippen LogP contribution is 2.38. The lowest BCUT2D eigenvalue weighted by Crippen LogP contribution is -2.39. The summed E-state index contributed by atoms with van der Waals surface area (Å²) in [6, 6.07) is 9.04. The highest BCUT2D eigenvalue weighted by molar-refractivity contribution is 5.75. The monoisotopic (exact) mass is 435 g/mol. The average molecular weight is 435 g/mol. The van der Waals surface area contributed by atoms with Crippen LogP contribution in [0.25, 0.3) is 17.1 Å². The van der Waals surface area contributed by atoms with E-state index in [1.54, 1.807) is 18.5 Å². The molecule has 1 saturated heterocycles. The molecule has 2 aromatic heterocycles. The van der Waals surface area contributed by atoms with E-state index in [1.807, 2.05) is 17.0 Å². The van der Waals surface area contributed by atoms with E-state index in [-0.39, 0.29) is 12.0 Å². The van der Waals surface area contributed by atoms with E-state index >= 15 is 0 Å². The molecule has 0 N–H and O–H groups in total. The van der Waals surface area contributed by atoms with E-state index in [2.05, 4.69) is 27.6 Å². The zero-order valence-corrected chi connectivity index (χ0v) is 17.2. The first kappa shape index (κ1) is 21.5. The van der Waals surface area contributed by atoms with Gasteiger partial charge in [-0.05, 0) is 37.5 Å². The van der Waals surface area contributed by atoms with Crippen molar-refractivity contribution in [3.8, 4) is 17.5 Å². The molecule has 1 aromatic carbocycles. The second kappa shape index (κ2) is 8.79. The molecule has 0 radical (unpaired) electrons. The molecule has 1 aliphatic rings. The van der Waals surface area contributed by atoms with Crippen molar-refractivity contribution in [3.05, 3.63) is 84.2 Å². The summed E-state index contributed by atoms with van der Waals surface area (Å²) in [5, 5.41) is 9.84. The fourth-order valence-electron chi connectivity index (χ4n) is 4.06. The maximum atomic E-state index is 14.2. The van der Waals surface area contributed by atoms with Crippen LogP contribution in [0.2, 0.25) is 0 Å². The Labute approximate surface area is 183 Å². The van der Waals surface area contributed by atoms with Crippen LogP contribution in [0.4, 0.5) is 13.2 Å². The molecule has 0 unspecified atom stereocenters. The summed E-state index contributed by atoms with van der Waals surface area (Å²) in [6.07, 6.45) is 5.44. The van der Waals surface area contributed by atoms with Gasteiger partial charge in [0, 0.05) is 54.4 Å². The third kappa shape index (κ3) is 4.19. The Morgan fingerprint density at radius 2 is 1.81 bits per heavy atom. The minimum Gasteiger partial charge on any atom is -0.371 e. The van der Waals surface area contributed by atoms with Gasteiger partial charge in [0.1, 0.15) is 23.8 Å². The summed E-state index contributed by atoms with van der Waals surface area (Å²) in [5.41, 5.74) is 1.69. The Morgan fingerprint density at radius 3 is 2.44 bits per heavy atom. The molecule has 32 heavy (non-hydrogen) atoms. The zero-order chi connectivity index (χ0) is 22.7. The SMILES string of the molecule is C=C(c1cccnc1-c1ccncn1)N1CCC(C#N)(Cc2c(F)cc(F)cc2F)CC1. The molecule has 0 atom stereocenters. The number of hydrogen-bond donors (Lipinski definition) is 0. The van der Waals surface area contributed by atoms with Gasteiger partial charge in [-0.25, -0.2) is 23.1 Å². The molecular weight excluding hydrogens is 415 g/mol. The predicted molar refractivity (Wildman–Crippen MR) is 113 cm³/mol. The fraction of sp³-hybridized carbons (Fsp3) is 0.250. The quantitative estimate of drug-likeness (QED) is 0.577. The van der Waals surface area contributed by atoms with Crippen molar-refractivity contribution in [2.24, 2.45) is 5.41 Å². The summed E-state index contributed by atoms with van der Waals surface area (Å²) in [7, 11) is 0. The van der Waals surface area contributed by atoms with Crippen LogP contribution in [0.3, 0.4) is 0 Å². The number of nitrogens with zero attached hydrogens (tertiary/aromatic N) is 5. The Morgan fingerprint density at radius 1 is 1.09 bits per heavy atom. The molecule has 1 fully saturated rings. The van der Waals surface area contributed by atoms with Crippen LogP contribution in [0.1, 0.15) is 24.0 Å². The van der Waals surface area contributed by atoms with Gasteiger partial charge >= 0.3 is 0 Å². The van der Waals surface area contributed by atoms with Crippen molar-refractivity contribution in [2.75, 3.05) is 13.1 Å². The molecule has 0 aliphatic carbocycles. The van der Waals surface area contributed by atoms with Gasteiger partial charge in [0.2, 0.25) is 0 Å². The zero-order valence-electron chi connectivity index (χ0n) is 17.2. The van der Waals surface area contributed by atoms with Gasteiger partial charge < -0.3 is 4.90 Å². The summed E-state index contributed by atoms with van der Waals surface area (Å²) in [5.74, 6) is -2.90. The lowest BCUT2D eigenvalue weighted by molar-refractivity contribution is 0.194.